The van der Waals surface area contributed by atoms with Crippen LogP contribution in [0.15, 0.2) is 46.8 Å². The van der Waals surface area contributed by atoms with E-state index in [0.29, 0.717) is 24.1 Å². The minimum atomic E-state index is -0.930. The summed E-state index contributed by atoms with van der Waals surface area (Å²) in [6, 6.07) is 11.5. The molecule has 6 heteroatoms. The van der Waals surface area contributed by atoms with Gasteiger partial charge in [0, 0.05) is 16.4 Å². The summed E-state index contributed by atoms with van der Waals surface area (Å²) in [7, 11) is 0. The van der Waals surface area contributed by atoms with Gasteiger partial charge in [0.25, 0.3) is 0 Å². The molecule has 2 rings (SSSR count). The largest absolute Gasteiger partial charge is 0.383 e. The minimum absolute atomic E-state index is 0.384. The van der Waals surface area contributed by atoms with Gasteiger partial charge in [-0.3, -0.25) is 0 Å². The van der Waals surface area contributed by atoms with Crippen molar-refractivity contribution < 1.29 is 5.11 Å². The monoisotopic (exact) mass is 351 g/mol. The van der Waals surface area contributed by atoms with Gasteiger partial charge in [0.1, 0.15) is 5.60 Å². The highest BCUT2D eigenvalue weighted by Gasteiger charge is 2.24. The second-order valence-corrected chi connectivity index (χ2v) is 6.81. The molecule has 1 atom stereocenters. The van der Waals surface area contributed by atoms with Gasteiger partial charge in [0.05, 0.1) is 13.1 Å². The number of nitrogens with zero attached hydrogens (tertiary/aromatic N) is 1. The molecular weight excluding hydrogens is 330 g/mol. The number of aliphatic imine (C=N–C) groups is 1. The number of guanidine groups is 1. The first-order chi connectivity index (χ1) is 11.0. The van der Waals surface area contributed by atoms with Gasteiger partial charge in [-0.2, -0.15) is 0 Å². The Hall–Kier alpha value is -1.56. The molecule has 0 aliphatic carbocycles. The van der Waals surface area contributed by atoms with Crippen LogP contribution in [0.2, 0.25) is 5.02 Å². The smallest absolute Gasteiger partial charge is 0.191 e. The van der Waals surface area contributed by atoms with Crippen molar-refractivity contribution in [2.75, 3.05) is 13.1 Å². The van der Waals surface area contributed by atoms with E-state index in [0.717, 1.165) is 17.0 Å². The van der Waals surface area contributed by atoms with Crippen molar-refractivity contribution in [1.82, 2.24) is 10.6 Å². The molecular formula is C17H22ClN3OS. The summed E-state index contributed by atoms with van der Waals surface area (Å²) in [6.07, 6.45) is 0. The first kappa shape index (κ1) is 17.8. The number of halogens is 1. The number of benzene rings is 1. The van der Waals surface area contributed by atoms with Gasteiger partial charge in [-0.05, 0) is 43.0 Å². The summed E-state index contributed by atoms with van der Waals surface area (Å²) in [5, 5.41) is 19.6. The van der Waals surface area contributed by atoms with E-state index < -0.39 is 5.60 Å². The Morgan fingerprint density at radius 1 is 1.30 bits per heavy atom. The highest BCUT2D eigenvalue weighted by atomic mass is 35.5. The van der Waals surface area contributed by atoms with Gasteiger partial charge < -0.3 is 15.7 Å². The molecule has 1 heterocycles. The summed E-state index contributed by atoms with van der Waals surface area (Å²) in [6.45, 7) is 5.47. The van der Waals surface area contributed by atoms with E-state index in [-0.39, 0.29) is 0 Å². The van der Waals surface area contributed by atoms with E-state index in [1.54, 1.807) is 18.3 Å². The molecule has 0 radical (unpaired) electrons. The number of hydrogen-bond acceptors (Lipinski definition) is 3. The van der Waals surface area contributed by atoms with Crippen LogP contribution in [0.5, 0.6) is 0 Å². The van der Waals surface area contributed by atoms with Crippen LogP contribution in [-0.2, 0) is 12.1 Å². The first-order valence-corrected chi connectivity index (χ1v) is 8.80. The van der Waals surface area contributed by atoms with Crippen molar-refractivity contribution in [3.63, 3.8) is 0 Å². The Morgan fingerprint density at radius 2 is 2.13 bits per heavy atom. The van der Waals surface area contributed by atoms with E-state index in [2.05, 4.69) is 15.6 Å². The number of thiophene rings is 1. The lowest BCUT2D eigenvalue weighted by Crippen LogP contribution is -2.44. The van der Waals surface area contributed by atoms with Gasteiger partial charge in [0.2, 0.25) is 0 Å². The van der Waals surface area contributed by atoms with Gasteiger partial charge in [-0.15, -0.1) is 11.3 Å². The average molecular weight is 352 g/mol. The molecule has 0 fully saturated rings. The third kappa shape index (κ3) is 5.53. The molecule has 0 spiro atoms. The summed E-state index contributed by atoms with van der Waals surface area (Å²) in [5.41, 5.74) is 0.111. The van der Waals surface area contributed by atoms with Crippen molar-refractivity contribution in [2.24, 2.45) is 4.99 Å². The van der Waals surface area contributed by atoms with Crippen LogP contribution in [0.1, 0.15) is 24.3 Å². The van der Waals surface area contributed by atoms with Crippen LogP contribution in [0.3, 0.4) is 0 Å². The first-order valence-electron chi connectivity index (χ1n) is 7.54. The Morgan fingerprint density at radius 3 is 2.78 bits per heavy atom. The van der Waals surface area contributed by atoms with E-state index in [4.69, 9.17) is 11.6 Å². The summed E-state index contributed by atoms with van der Waals surface area (Å²) < 4.78 is 0. The maximum Gasteiger partial charge on any atom is 0.191 e. The highest BCUT2D eigenvalue weighted by molar-refractivity contribution is 7.10. The van der Waals surface area contributed by atoms with Gasteiger partial charge in [0.15, 0.2) is 5.96 Å². The third-order valence-electron chi connectivity index (χ3n) is 3.31. The van der Waals surface area contributed by atoms with E-state index in [1.165, 1.54) is 0 Å². The summed E-state index contributed by atoms with van der Waals surface area (Å²) in [4.78, 5) is 5.46. The van der Waals surface area contributed by atoms with Gasteiger partial charge in [-0.1, -0.05) is 29.8 Å². The molecule has 23 heavy (non-hydrogen) atoms. The number of nitrogens with one attached hydrogen (secondary N) is 2. The molecule has 1 aromatic carbocycles. The average Bonchev–Trinajstić information content (AvgIpc) is 3.05. The quantitative estimate of drug-likeness (QED) is 0.552. The number of hydrogen-bond donors (Lipinski definition) is 3. The Bertz CT molecular complexity index is 641. The standard InChI is InChI=1S/C17H22ClN3OS/c1-3-19-16(20-11-13-6-4-7-14(18)10-13)21-12-17(2,22)15-8-5-9-23-15/h4-10,22H,3,11-12H2,1-2H3,(H2,19,20,21). The minimum Gasteiger partial charge on any atom is -0.383 e. The predicted molar refractivity (Wildman–Crippen MR) is 98.2 cm³/mol. The SMILES string of the molecule is CCNC(=NCc1cccc(Cl)c1)NCC(C)(O)c1cccs1. The normalized spacial score (nSPS) is 14.3. The lowest BCUT2D eigenvalue weighted by Gasteiger charge is -2.23. The molecule has 0 aliphatic rings. The highest BCUT2D eigenvalue weighted by Crippen LogP contribution is 2.24. The molecule has 1 aromatic heterocycles. The Balaban J connectivity index is 1.99. The van der Waals surface area contributed by atoms with Crippen LogP contribution >= 0.6 is 22.9 Å². The maximum atomic E-state index is 10.6. The zero-order chi connectivity index (χ0) is 16.7. The zero-order valence-electron chi connectivity index (χ0n) is 13.3. The lowest BCUT2D eigenvalue weighted by molar-refractivity contribution is 0.0655. The van der Waals surface area contributed by atoms with E-state index in [1.807, 2.05) is 48.7 Å². The molecule has 1 unspecified atom stereocenters. The summed E-state index contributed by atoms with van der Waals surface area (Å²) >= 11 is 7.53. The molecule has 4 nitrogen and oxygen atoms in total. The molecule has 0 saturated carbocycles. The van der Waals surface area contributed by atoms with Gasteiger partial charge in [-0.25, -0.2) is 4.99 Å². The maximum absolute atomic E-state index is 10.6. The van der Waals surface area contributed by atoms with Crippen molar-refractivity contribution in [3.05, 3.63) is 57.2 Å². The third-order valence-corrected chi connectivity index (χ3v) is 4.66. The van der Waals surface area contributed by atoms with Crippen LogP contribution in [0, 0.1) is 0 Å². The topological polar surface area (TPSA) is 56.7 Å². The zero-order valence-corrected chi connectivity index (χ0v) is 14.9. The van der Waals surface area contributed by atoms with Crippen molar-refractivity contribution >= 4 is 28.9 Å². The van der Waals surface area contributed by atoms with Crippen molar-refractivity contribution in [1.29, 1.82) is 0 Å². The molecule has 0 aliphatic heterocycles. The molecule has 0 bridgehead atoms. The number of aliphatic hydroxyl groups is 1. The fourth-order valence-corrected chi connectivity index (χ4v) is 3.08. The number of rotatable bonds is 6. The lowest BCUT2D eigenvalue weighted by atomic mass is 10.1. The van der Waals surface area contributed by atoms with Crippen LogP contribution in [0.25, 0.3) is 0 Å². The molecule has 124 valence electrons. The fraction of sp³-hybridized carbons (Fsp3) is 0.353. The van der Waals surface area contributed by atoms with E-state index >= 15 is 0 Å². The fourth-order valence-electron chi connectivity index (χ4n) is 2.08. The Kier molecular flexibility index (Phi) is 6.45. The summed E-state index contributed by atoms with van der Waals surface area (Å²) in [5.74, 6) is 0.671. The predicted octanol–water partition coefficient (Wildman–Crippen LogP) is 3.36. The second kappa shape index (κ2) is 8.34. The van der Waals surface area contributed by atoms with Crippen molar-refractivity contribution in [2.45, 2.75) is 26.0 Å². The molecule has 0 amide bonds. The molecule has 0 saturated heterocycles. The van der Waals surface area contributed by atoms with E-state index in [9.17, 15) is 5.11 Å². The Labute approximate surface area is 146 Å². The van der Waals surface area contributed by atoms with Crippen molar-refractivity contribution in [3.8, 4) is 0 Å². The van der Waals surface area contributed by atoms with Crippen LogP contribution in [-0.4, -0.2) is 24.2 Å². The van der Waals surface area contributed by atoms with Gasteiger partial charge >= 0.3 is 0 Å². The molecule has 3 N–H and O–H groups in total. The van der Waals surface area contributed by atoms with Crippen LogP contribution < -0.4 is 10.6 Å². The van der Waals surface area contributed by atoms with Crippen LogP contribution in [0.4, 0.5) is 0 Å². The molecule has 2 aromatic rings. The second-order valence-electron chi connectivity index (χ2n) is 5.43.